The highest BCUT2D eigenvalue weighted by molar-refractivity contribution is 6.62. The molecule has 0 saturated carbocycles. The molecule has 0 aromatic heterocycles. The van der Waals surface area contributed by atoms with Gasteiger partial charge < -0.3 is 18.6 Å². The van der Waals surface area contributed by atoms with E-state index < -0.39 is 0 Å². The molecule has 1 aliphatic carbocycles. The number of hydrogen-bond donors (Lipinski definition) is 0. The molecule has 2 fully saturated rings. The standard InChI is InChI=1S/C27H36B2O4/c1-2-3-4-5-6-7-10-23-26-19-21(28-30-15-8-16-31-28)11-13-24(26)25-14-12-22(20-27(23)25)29-32-17-9-18-33-29/h11-14,19-20,23H,2-10,15-18H2,1H3. The lowest BCUT2D eigenvalue weighted by Gasteiger charge is -2.22. The Hall–Kier alpha value is -1.59. The Morgan fingerprint density at radius 2 is 1.15 bits per heavy atom. The van der Waals surface area contributed by atoms with E-state index in [0.29, 0.717) is 5.92 Å². The van der Waals surface area contributed by atoms with Crippen molar-refractivity contribution >= 4 is 25.2 Å². The number of unbranched alkanes of at least 4 members (excludes halogenated alkanes) is 5. The van der Waals surface area contributed by atoms with E-state index in [0.717, 1.165) is 50.2 Å². The van der Waals surface area contributed by atoms with Crippen LogP contribution >= 0.6 is 0 Å². The van der Waals surface area contributed by atoms with E-state index in [-0.39, 0.29) is 14.2 Å². The summed E-state index contributed by atoms with van der Waals surface area (Å²) >= 11 is 0. The molecule has 0 spiro atoms. The molecule has 2 aliphatic heterocycles. The van der Waals surface area contributed by atoms with Crippen molar-refractivity contribution in [2.24, 2.45) is 0 Å². The van der Waals surface area contributed by atoms with Crippen LogP contribution in [0.5, 0.6) is 0 Å². The summed E-state index contributed by atoms with van der Waals surface area (Å²) in [5.74, 6) is 0.410. The summed E-state index contributed by atoms with van der Waals surface area (Å²) in [5.41, 5.74) is 7.87. The van der Waals surface area contributed by atoms with E-state index in [2.05, 4.69) is 43.3 Å². The first-order chi connectivity index (χ1) is 16.3. The predicted octanol–water partition coefficient (Wildman–Crippen LogP) is 4.81. The number of hydrogen-bond acceptors (Lipinski definition) is 4. The molecule has 2 aromatic rings. The lowest BCUT2D eigenvalue weighted by Crippen LogP contribution is -2.41. The zero-order chi connectivity index (χ0) is 22.5. The Bertz CT molecular complexity index is 855. The molecule has 2 heterocycles. The summed E-state index contributed by atoms with van der Waals surface area (Å²) in [6, 6.07) is 13.6. The van der Waals surface area contributed by atoms with Crippen molar-refractivity contribution in [1.82, 2.24) is 0 Å². The zero-order valence-corrected chi connectivity index (χ0v) is 20.0. The predicted molar refractivity (Wildman–Crippen MR) is 136 cm³/mol. The molecule has 2 aromatic carbocycles. The molecule has 3 aliphatic rings. The van der Waals surface area contributed by atoms with Crippen LogP contribution in [0.2, 0.25) is 0 Å². The molecule has 5 rings (SSSR count). The van der Waals surface area contributed by atoms with Gasteiger partial charge in [-0.05, 0) is 52.4 Å². The number of fused-ring (bicyclic) bond motifs is 3. The van der Waals surface area contributed by atoms with Crippen molar-refractivity contribution < 1.29 is 18.6 Å². The average molecular weight is 446 g/mol. The second-order valence-electron chi connectivity index (χ2n) is 9.66. The van der Waals surface area contributed by atoms with E-state index in [4.69, 9.17) is 18.6 Å². The highest BCUT2D eigenvalue weighted by atomic mass is 16.6. The summed E-state index contributed by atoms with van der Waals surface area (Å²) in [5, 5.41) is 0. The number of rotatable bonds is 9. The van der Waals surface area contributed by atoms with Gasteiger partial charge in [-0.25, -0.2) is 0 Å². The highest BCUT2D eigenvalue weighted by Crippen LogP contribution is 2.46. The average Bonchev–Trinajstić information content (AvgIpc) is 3.19. The maximum absolute atomic E-state index is 5.92. The minimum absolute atomic E-state index is 0.234. The topological polar surface area (TPSA) is 36.9 Å². The molecular formula is C27H36B2O4. The normalized spacial score (nSPS) is 18.5. The SMILES string of the molecule is CCCCCCCCC1c2cc(B3OCCCO3)ccc2-c2ccc(B3OCCCO3)cc21. The van der Waals surface area contributed by atoms with Crippen LogP contribution in [0, 0.1) is 0 Å². The largest absolute Gasteiger partial charge is 0.493 e. The first-order valence-electron chi connectivity index (χ1n) is 13.1. The third-order valence-corrected chi connectivity index (χ3v) is 7.24. The molecule has 2 saturated heterocycles. The zero-order valence-electron chi connectivity index (χ0n) is 20.0. The Balaban J connectivity index is 1.40. The Labute approximate surface area is 199 Å². The fourth-order valence-electron chi connectivity index (χ4n) is 5.49. The van der Waals surface area contributed by atoms with Gasteiger partial charge in [0.25, 0.3) is 0 Å². The van der Waals surface area contributed by atoms with Crippen LogP contribution < -0.4 is 10.9 Å². The molecule has 0 atom stereocenters. The van der Waals surface area contributed by atoms with Crippen LogP contribution in [0.15, 0.2) is 36.4 Å². The summed E-state index contributed by atoms with van der Waals surface area (Å²) in [7, 11) is -0.468. The van der Waals surface area contributed by atoms with Gasteiger partial charge in [-0.2, -0.15) is 0 Å². The van der Waals surface area contributed by atoms with Crippen LogP contribution in [0.1, 0.15) is 81.8 Å². The maximum atomic E-state index is 5.92. The van der Waals surface area contributed by atoms with E-state index in [1.165, 1.54) is 67.2 Å². The number of benzene rings is 2. The van der Waals surface area contributed by atoms with Gasteiger partial charge in [0.2, 0.25) is 0 Å². The maximum Gasteiger partial charge on any atom is 0.493 e. The molecule has 33 heavy (non-hydrogen) atoms. The van der Waals surface area contributed by atoms with Gasteiger partial charge in [0.15, 0.2) is 0 Å². The van der Waals surface area contributed by atoms with Crippen LogP contribution in [-0.4, -0.2) is 40.7 Å². The minimum atomic E-state index is -0.234. The summed E-state index contributed by atoms with van der Waals surface area (Å²) < 4.78 is 23.7. The van der Waals surface area contributed by atoms with Crippen LogP contribution in [-0.2, 0) is 18.6 Å². The highest BCUT2D eigenvalue weighted by Gasteiger charge is 2.34. The van der Waals surface area contributed by atoms with Gasteiger partial charge in [-0.15, -0.1) is 0 Å². The van der Waals surface area contributed by atoms with Crippen LogP contribution in [0.3, 0.4) is 0 Å². The smallest absolute Gasteiger partial charge is 0.407 e. The Kier molecular flexibility index (Phi) is 7.88. The summed E-state index contributed by atoms with van der Waals surface area (Å²) in [6.45, 7) is 5.37. The van der Waals surface area contributed by atoms with Crippen molar-refractivity contribution in [2.45, 2.75) is 70.6 Å². The van der Waals surface area contributed by atoms with Gasteiger partial charge in [0.1, 0.15) is 0 Å². The Morgan fingerprint density at radius 1 is 0.667 bits per heavy atom. The minimum Gasteiger partial charge on any atom is -0.407 e. The molecule has 0 N–H and O–H groups in total. The first kappa shape index (κ1) is 23.2. The van der Waals surface area contributed by atoms with Gasteiger partial charge in [-0.1, -0.05) is 81.8 Å². The monoisotopic (exact) mass is 446 g/mol. The lowest BCUT2D eigenvalue weighted by atomic mass is 9.75. The third kappa shape index (κ3) is 5.24. The second-order valence-corrected chi connectivity index (χ2v) is 9.66. The van der Waals surface area contributed by atoms with Crippen molar-refractivity contribution in [3.8, 4) is 11.1 Å². The lowest BCUT2D eigenvalue weighted by molar-refractivity contribution is 0.143. The van der Waals surface area contributed by atoms with Gasteiger partial charge >= 0.3 is 14.2 Å². The fraction of sp³-hybridized carbons (Fsp3) is 0.556. The summed E-state index contributed by atoms with van der Waals surface area (Å²) in [4.78, 5) is 0. The molecule has 174 valence electrons. The third-order valence-electron chi connectivity index (χ3n) is 7.24. The van der Waals surface area contributed by atoms with Crippen molar-refractivity contribution in [1.29, 1.82) is 0 Å². The van der Waals surface area contributed by atoms with Crippen molar-refractivity contribution in [3.05, 3.63) is 47.5 Å². The Morgan fingerprint density at radius 3 is 1.67 bits per heavy atom. The van der Waals surface area contributed by atoms with Gasteiger partial charge in [0.05, 0.1) is 0 Å². The van der Waals surface area contributed by atoms with Gasteiger partial charge in [-0.3, -0.25) is 0 Å². The molecule has 0 amide bonds. The molecule has 0 radical (unpaired) electrons. The fourth-order valence-corrected chi connectivity index (χ4v) is 5.49. The summed E-state index contributed by atoms with van der Waals surface area (Å²) in [6.07, 6.45) is 11.0. The molecule has 0 bridgehead atoms. The van der Waals surface area contributed by atoms with Crippen LogP contribution in [0.25, 0.3) is 11.1 Å². The van der Waals surface area contributed by atoms with E-state index in [1.54, 1.807) is 0 Å². The van der Waals surface area contributed by atoms with E-state index in [9.17, 15) is 0 Å². The van der Waals surface area contributed by atoms with Crippen molar-refractivity contribution in [3.63, 3.8) is 0 Å². The first-order valence-corrected chi connectivity index (χ1v) is 13.1. The van der Waals surface area contributed by atoms with Crippen molar-refractivity contribution in [2.75, 3.05) is 26.4 Å². The van der Waals surface area contributed by atoms with E-state index in [1.807, 2.05) is 0 Å². The molecule has 0 unspecified atom stereocenters. The second kappa shape index (κ2) is 11.2. The quantitative estimate of drug-likeness (QED) is 0.409. The molecule has 4 nitrogen and oxygen atoms in total. The van der Waals surface area contributed by atoms with E-state index >= 15 is 0 Å². The molecule has 6 heteroatoms. The van der Waals surface area contributed by atoms with Gasteiger partial charge in [0, 0.05) is 32.3 Å². The molecular weight excluding hydrogens is 410 g/mol. The van der Waals surface area contributed by atoms with Crippen LogP contribution in [0.4, 0.5) is 0 Å².